The Labute approximate surface area is 195 Å². The molecule has 2 heterocycles. The van der Waals surface area contributed by atoms with Crippen molar-refractivity contribution >= 4 is 23.5 Å². The second-order valence-corrected chi connectivity index (χ2v) is 10.9. The zero-order chi connectivity index (χ0) is 23.7. The third-order valence-electron chi connectivity index (χ3n) is 5.02. The summed E-state index contributed by atoms with van der Waals surface area (Å²) in [6.45, 7) is 17.4. The smallest absolute Gasteiger partial charge is 0.235 e. The van der Waals surface area contributed by atoms with Crippen LogP contribution in [0.15, 0.2) is 35.5 Å². The average Bonchev–Trinajstić information content (AvgIpc) is 3.30. The summed E-state index contributed by atoms with van der Waals surface area (Å²) in [4.78, 5) is 12.8. The molecule has 1 aromatic carbocycles. The van der Waals surface area contributed by atoms with Crippen molar-refractivity contribution in [1.29, 1.82) is 0 Å². The Bertz CT molecular complexity index is 1100. The molecule has 2 aromatic heterocycles. The lowest BCUT2D eigenvalue weighted by Gasteiger charge is -2.23. The summed E-state index contributed by atoms with van der Waals surface area (Å²) in [5.41, 5.74) is 2.80. The van der Waals surface area contributed by atoms with Crippen LogP contribution in [0.5, 0.6) is 0 Å². The van der Waals surface area contributed by atoms with E-state index in [-0.39, 0.29) is 22.6 Å². The molecule has 3 aromatic rings. The van der Waals surface area contributed by atoms with Gasteiger partial charge in [-0.25, -0.2) is 4.68 Å². The molecule has 1 amide bonds. The van der Waals surface area contributed by atoms with Crippen molar-refractivity contribution in [2.75, 3.05) is 11.1 Å². The van der Waals surface area contributed by atoms with Crippen molar-refractivity contribution in [1.82, 2.24) is 24.5 Å². The molecule has 3 rings (SSSR count). The first-order valence-corrected chi connectivity index (χ1v) is 11.9. The minimum atomic E-state index is -0.246. The third-order valence-corrected chi connectivity index (χ3v) is 5.99. The molecule has 172 valence electrons. The molecule has 0 fully saturated rings. The number of rotatable bonds is 6. The molecule has 0 saturated carbocycles. The topological polar surface area (TPSA) is 77.6 Å². The molecule has 0 radical (unpaired) electrons. The van der Waals surface area contributed by atoms with E-state index in [0.29, 0.717) is 5.82 Å². The molecule has 8 heteroatoms. The van der Waals surface area contributed by atoms with Crippen LogP contribution < -0.4 is 5.32 Å². The standard InChI is InChI=1S/C24H34N6OS/c1-9-29-21(17-12-10-11-16(2)13-17)26-27-22(29)32-15-20(31)25-19-14-18(23(3,4)5)28-30(19)24(6,7)8/h10-14H,9,15H2,1-8H3,(H,25,31). The van der Waals surface area contributed by atoms with E-state index in [9.17, 15) is 4.79 Å². The van der Waals surface area contributed by atoms with Gasteiger partial charge in [-0.1, -0.05) is 56.3 Å². The summed E-state index contributed by atoms with van der Waals surface area (Å²) in [6, 6.07) is 10.2. The van der Waals surface area contributed by atoms with E-state index >= 15 is 0 Å². The Morgan fingerprint density at radius 1 is 1.09 bits per heavy atom. The molecule has 0 spiro atoms. The first kappa shape index (κ1) is 24.0. The van der Waals surface area contributed by atoms with E-state index in [1.165, 1.54) is 17.3 Å². The van der Waals surface area contributed by atoms with Gasteiger partial charge in [-0.15, -0.1) is 10.2 Å². The molecular weight excluding hydrogens is 420 g/mol. The monoisotopic (exact) mass is 454 g/mol. The van der Waals surface area contributed by atoms with Gasteiger partial charge in [-0.05, 0) is 40.7 Å². The van der Waals surface area contributed by atoms with Gasteiger partial charge in [0.1, 0.15) is 5.82 Å². The Kier molecular flexibility index (Phi) is 6.83. The first-order valence-electron chi connectivity index (χ1n) is 10.9. The SMILES string of the molecule is CCn1c(SCC(=O)Nc2cc(C(C)(C)C)nn2C(C)(C)C)nnc1-c1cccc(C)c1. The normalized spacial score (nSPS) is 12.2. The van der Waals surface area contributed by atoms with Crippen LogP contribution in [0.3, 0.4) is 0 Å². The maximum absolute atomic E-state index is 12.8. The number of carbonyl (C=O) groups excluding carboxylic acids is 1. The van der Waals surface area contributed by atoms with E-state index in [1.54, 1.807) is 0 Å². The summed E-state index contributed by atoms with van der Waals surface area (Å²) >= 11 is 1.39. The molecule has 0 unspecified atom stereocenters. The Morgan fingerprint density at radius 2 is 1.81 bits per heavy atom. The molecule has 0 atom stereocenters. The number of hydrogen-bond donors (Lipinski definition) is 1. The highest BCUT2D eigenvalue weighted by atomic mass is 32.2. The van der Waals surface area contributed by atoms with E-state index in [2.05, 4.69) is 83.0 Å². The summed E-state index contributed by atoms with van der Waals surface area (Å²) in [6.07, 6.45) is 0. The summed E-state index contributed by atoms with van der Waals surface area (Å²) < 4.78 is 3.93. The van der Waals surface area contributed by atoms with Gasteiger partial charge in [0, 0.05) is 23.6 Å². The highest BCUT2D eigenvalue weighted by Crippen LogP contribution is 2.29. The van der Waals surface area contributed by atoms with Crippen molar-refractivity contribution < 1.29 is 4.79 Å². The van der Waals surface area contributed by atoms with Crippen molar-refractivity contribution in [2.24, 2.45) is 0 Å². The molecular formula is C24H34N6OS. The lowest BCUT2D eigenvalue weighted by atomic mass is 9.92. The van der Waals surface area contributed by atoms with Gasteiger partial charge in [0.25, 0.3) is 0 Å². The van der Waals surface area contributed by atoms with Crippen LogP contribution in [0.2, 0.25) is 0 Å². The van der Waals surface area contributed by atoms with Gasteiger partial charge >= 0.3 is 0 Å². The maximum atomic E-state index is 12.8. The highest BCUT2D eigenvalue weighted by Gasteiger charge is 2.26. The molecule has 0 saturated heterocycles. The fourth-order valence-electron chi connectivity index (χ4n) is 3.34. The number of carbonyl (C=O) groups is 1. The molecule has 1 N–H and O–H groups in total. The number of aromatic nitrogens is 5. The first-order chi connectivity index (χ1) is 14.9. The Balaban J connectivity index is 1.76. The summed E-state index contributed by atoms with van der Waals surface area (Å²) in [7, 11) is 0. The van der Waals surface area contributed by atoms with Crippen molar-refractivity contribution in [3.63, 3.8) is 0 Å². The third kappa shape index (κ3) is 5.41. The molecule has 0 aliphatic carbocycles. The van der Waals surface area contributed by atoms with Crippen LogP contribution in [0.4, 0.5) is 5.82 Å². The quantitative estimate of drug-likeness (QED) is 0.515. The van der Waals surface area contributed by atoms with Crippen LogP contribution in [0.1, 0.15) is 59.7 Å². The van der Waals surface area contributed by atoms with Crippen molar-refractivity contribution in [3.05, 3.63) is 41.6 Å². The number of amides is 1. The van der Waals surface area contributed by atoms with Gasteiger partial charge in [-0.2, -0.15) is 5.10 Å². The van der Waals surface area contributed by atoms with Gasteiger partial charge < -0.3 is 9.88 Å². The summed E-state index contributed by atoms with van der Waals surface area (Å²) in [5, 5.41) is 17.3. The van der Waals surface area contributed by atoms with Gasteiger partial charge in [0.2, 0.25) is 5.91 Å². The molecule has 7 nitrogen and oxygen atoms in total. The number of benzene rings is 1. The van der Waals surface area contributed by atoms with Crippen LogP contribution >= 0.6 is 11.8 Å². The number of anilines is 1. The zero-order valence-electron chi connectivity index (χ0n) is 20.4. The van der Waals surface area contributed by atoms with Crippen LogP contribution in [-0.4, -0.2) is 36.2 Å². The fourth-order valence-corrected chi connectivity index (χ4v) is 4.14. The maximum Gasteiger partial charge on any atom is 0.235 e. The second kappa shape index (κ2) is 9.10. The molecule has 0 bridgehead atoms. The number of thioether (sulfide) groups is 1. The predicted molar refractivity (Wildman–Crippen MR) is 131 cm³/mol. The van der Waals surface area contributed by atoms with Crippen molar-refractivity contribution in [3.8, 4) is 11.4 Å². The Hall–Kier alpha value is -2.61. The minimum Gasteiger partial charge on any atom is -0.310 e. The molecule has 0 aliphatic heterocycles. The van der Waals surface area contributed by atoms with E-state index < -0.39 is 0 Å². The second-order valence-electron chi connectivity index (χ2n) is 10.0. The largest absolute Gasteiger partial charge is 0.310 e. The van der Waals surface area contributed by atoms with E-state index in [0.717, 1.165) is 28.8 Å². The van der Waals surface area contributed by atoms with Crippen LogP contribution in [0.25, 0.3) is 11.4 Å². The van der Waals surface area contributed by atoms with Crippen LogP contribution in [-0.2, 0) is 22.3 Å². The lowest BCUT2D eigenvalue weighted by Crippen LogP contribution is -2.27. The zero-order valence-corrected chi connectivity index (χ0v) is 21.2. The number of aryl methyl sites for hydroxylation is 1. The van der Waals surface area contributed by atoms with E-state index in [4.69, 9.17) is 5.10 Å². The van der Waals surface area contributed by atoms with Gasteiger partial charge in [-0.3, -0.25) is 4.79 Å². The van der Waals surface area contributed by atoms with Gasteiger partial charge in [0.15, 0.2) is 11.0 Å². The highest BCUT2D eigenvalue weighted by molar-refractivity contribution is 7.99. The number of hydrogen-bond acceptors (Lipinski definition) is 5. The van der Waals surface area contributed by atoms with Crippen molar-refractivity contribution in [2.45, 2.75) is 78.0 Å². The van der Waals surface area contributed by atoms with Gasteiger partial charge in [0.05, 0.1) is 17.0 Å². The van der Waals surface area contributed by atoms with E-state index in [1.807, 2.05) is 27.4 Å². The average molecular weight is 455 g/mol. The van der Waals surface area contributed by atoms with Crippen LogP contribution in [0, 0.1) is 6.92 Å². The summed E-state index contributed by atoms with van der Waals surface area (Å²) in [5.74, 6) is 1.68. The molecule has 32 heavy (non-hydrogen) atoms. The predicted octanol–water partition coefficient (Wildman–Crippen LogP) is 5.25. The minimum absolute atomic E-state index is 0.0939. The number of nitrogens with one attached hydrogen (secondary N) is 1. The molecule has 0 aliphatic rings. The number of nitrogens with zero attached hydrogens (tertiary/aromatic N) is 5. The lowest BCUT2D eigenvalue weighted by molar-refractivity contribution is -0.113. The fraction of sp³-hybridized carbons (Fsp3) is 0.500. The Morgan fingerprint density at radius 3 is 2.41 bits per heavy atom.